The van der Waals surface area contributed by atoms with E-state index in [0.717, 1.165) is 11.2 Å². The number of rotatable bonds is 3. The van der Waals surface area contributed by atoms with Crippen molar-refractivity contribution in [1.29, 1.82) is 0 Å². The second kappa shape index (κ2) is 4.56. The van der Waals surface area contributed by atoms with Crippen LogP contribution in [0.15, 0.2) is 30.6 Å². The maximum atomic E-state index is 4.41. The predicted molar refractivity (Wildman–Crippen MR) is 75.7 cm³/mol. The molecule has 96 valence electrons. The minimum atomic E-state index is 0.537. The van der Waals surface area contributed by atoms with Crippen LogP contribution in [0.2, 0.25) is 0 Å². The summed E-state index contributed by atoms with van der Waals surface area (Å²) in [6.45, 7) is 2.05. The number of nitrogens with one attached hydrogen (secondary N) is 3. The van der Waals surface area contributed by atoms with Crippen molar-refractivity contribution < 1.29 is 0 Å². The molecule has 3 N–H and O–H groups in total. The fourth-order valence-corrected chi connectivity index (χ4v) is 1.90. The minimum Gasteiger partial charge on any atom is -0.357 e. The minimum absolute atomic E-state index is 0.537. The van der Waals surface area contributed by atoms with Crippen LogP contribution in [-0.2, 0) is 0 Å². The number of H-pyrrole nitrogens is 1. The highest BCUT2D eigenvalue weighted by atomic mass is 15.2. The van der Waals surface area contributed by atoms with E-state index in [4.69, 9.17) is 0 Å². The molecule has 0 fully saturated rings. The zero-order valence-electron chi connectivity index (χ0n) is 10.7. The molecule has 19 heavy (non-hydrogen) atoms. The zero-order valence-corrected chi connectivity index (χ0v) is 10.7. The van der Waals surface area contributed by atoms with Gasteiger partial charge in [0, 0.05) is 12.7 Å². The molecule has 0 unspecified atom stereocenters. The molecule has 6 heteroatoms. The quantitative estimate of drug-likeness (QED) is 0.669. The first-order valence-electron chi connectivity index (χ1n) is 5.99. The summed E-state index contributed by atoms with van der Waals surface area (Å²) in [6.07, 6.45) is 1.61. The smallest absolute Gasteiger partial charge is 0.226 e. The molecule has 3 aromatic rings. The maximum Gasteiger partial charge on any atom is 0.226 e. The van der Waals surface area contributed by atoms with Gasteiger partial charge in [-0.2, -0.15) is 9.97 Å². The lowest BCUT2D eigenvalue weighted by atomic mass is 10.2. The molecule has 0 aliphatic carbocycles. The van der Waals surface area contributed by atoms with Crippen molar-refractivity contribution in [3.8, 4) is 0 Å². The monoisotopic (exact) mass is 254 g/mol. The molecule has 0 radical (unpaired) electrons. The summed E-state index contributed by atoms with van der Waals surface area (Å²) in [6, 6.07) is 8.11. The van der Waals surface area contributed by atoms with E-state index in [2.05, 4.69) is 49.6 Å². The van der Waals surface area contributed by atoms with E-state index in [0.29, 0.717) is 17.4 Å². The summed E-state index contributed by atoms with van der Waals surface area (Å²) in [7, 11) is 1.78. The summed E-state index contributed by atoms with van der Waals surface area (Å²) in [5.41, 5.74) is 3.60. The Kier molecular flexibility index (Phi) is 2.75. The van der Waals surface area contributed by atoms with Gasteiger partial charge >= 0.3 is 0 Å². The molecule has 6 nitrogen and oxygen atoms in total. The van der Waals surface area contributed by atoms with Crippen LogP contribution in [0.5, 0.6) is 0 Å². The summed E-state index contributed by atoms with van der Waals surface area (Å²) >= 11 is 0. The second-order valence-electron chi connectivity index (χ2n) is 4.24. The number of anilines is 3. The molecule has 0 saturated carbocycles. The number of hydrogen-bond acceptors (Lipinski definition) is 5. The van der Waals surface area contributed by atoms with Crippen LogP contribution in [0.3, 0.4) is 0 Å². The van der Waals surface area contributed by atoms with Crippen molar-refractivity contribution in [2.75, 3.05) is 17.7 Å². The van der Waals surface area contributed by atoms with E-state index in [1.165, 1.54) is 5.56 Å². The van der Waals surface area contributed by atoms with Gasteiger partial charge in [0.05, 0.1) is 6.33 Å². The van der Waals surface area contributed by atoms with E-state index in [9.17, 15) is 0 Å². The number of hydrogen-bond donors (Lipinski definition) is 3. The lowest BCUT2D eigenvalue weighted by molar-refractivity contribution is 1.18. The first kappa shape index (κ1) is 11.5. The molecule has 0 aliphatic heterocycles. The van der Waals surface area contributed by atoms with Crippen molar-refractivity contribution in [3.05, 3.63) is 36.2 Å². The van der Waals surface area contributed by atoms with Gasteiger partial charge in [-0.3, -0.25) is 0 Å². The number of aryl methyl sites for hydroxylation is 1. The van der Waals surface area contributed by atoms with Crippen LogP contribution >= 0.6 is 0 Å². The number of aromatic amines is 1. The van der Waals surface area contributed by atoms with Gasteiger partial charge in [-0.25, -0.2) is 4.98 Å². The van der Waals surface area contributed by atoms with Crippen LogP contribution in [0.1, 0.15) is 5.56 Å². The van der Waals surface area contributed by atoms with Crippen molar-refractivity contribution in [3.63, 3.8) is 0 Å². The van der Waals surface area contributed by atoms with Gasteiger partial charge in [0.15, 0.2) is 11.5 Å². The second-order valence-corrected chi connectivity index (χ2v) is 4.24. The molecule has 3 rings (SSSR count). The molecule has 1 aromatic carbocycles. The number of nitrogens with zero attached hydrogens (tertiary/aromatic N) is 3. The van der Waals surface area contributed by atoms with Crippen LogP contribution in [0, 0.1) is 6.92 Å². The first-order valence-corrected chi connectivity index (χ1v) is 5.99. The van der Waals surface area contributed by atoms with Gasteiger partial charge in [-0.1, -0.05) is 12.1 Å². The fourth-order valence-electron chi connectivity index (χ4n) is 1.90. The van der Waals surface area contributed by atoms with Gasteiger partial charge in [-0.05, 0) is 24.6 Å². The van der Waals surface area contributed by atoms with Gasteiger partial charge in [0.2, 0.25) is 5.95 Å². The Balaban J connectivity index is 2.06. The number of benzene rings is 1. The fraction of sp³-hybridized carbons (Fsp3) is 0.154. The summed E-state index contributed by atoms with van der Waals surface area (Å²) in [5.74, 6) is 1.24. The Hall–Kier alpha value is -2.63. The van der Waals surface area contributed by atoms with E-state index < -0.39 is 0 Å². The topological polar surface area (TPSA) is 78.5 Å². The molecule has 0 aliphatic rings. The number of fused-ring (bicyclic) bond motifs is 1. The molecule has 0 amide bonds. The predicted octanol–water partition coefficient (Wildman–Crippen LogP) is 2.45. The van der Waals surface area contributed by atoms with Gasteiger partial charge in [0.25, 0.3) is 0 Å². The summed E-state index contributed by atoms with van der Waals surface area (Å²) in [4.78, 5) is 15.9. The Labute approximate surface area is 110 Å². The standard InChI is InChI=1S/C13H14N6/c1-8-4-3-5-9(6-8)17-12-10-11(16-7-15-10)18-13(14-2)19-12/h3-7H,1-2H3,(H3,14,15,16,17,18,19). The van der Waals surface area contributed by atoms with Crippen LogP contribution in [-0.4, -0.2) is 27.0 Å². The third-order valence-corrected chi connectivity index (χ3v) is 2.79. The van der Waals surface area contributed by atoms with Gasteiger partial charge in [0.1, 0.15) is 5.52 Å². The Bertz CT molecular complexity index is 718. The number of imidazole rings is 1. The van der Waals surface area contributed by atoms with Gasteiger partial charge in [-0.15, -0.1) is 0 Å². The Morgan fingerprint density at radius 2 is 2.11 bits per heavy atom. The highest BCUT2D eigenvalue weighted by Gasteiger charge is 2.09. The molecule has 2 heterocycles. The molecule has 0 saturated heterocycles. The van der Waals surface area contributed by atoms with Crippen molar-refractivity contribution >= 4 is 28.6 Å². The van der Waals surface area contributed by atoms with Crippen molar-refractivity contribution in [2.45, 2.75) is 6.92 Å². The van der Waals surface area contributed by atoms with E-state index in [1.807, 2.05) is 12.1 Å². The average Bonchev–Trinajstić information content (AvgIpc) is 2.87. The summed E-state index contributed by atoms with van der Waals surface area (Å²) in [5, 5.41) is 6.22. The van der Waals surface area contributed by atoms with E-state index in [1.54, 1.807) is 13.4 Å². The molecular formula is C13H14N6. The third kappa shape index (κ3) is 2.20. The van der Waals surface area contributed by atoms with E-state index in [-0.39, 0.29) is 0 Å². The average molecular weight is 254 g/mol. The molecule has 0 spiro atoms. The lowest BCUT2D eigenvalue weighted by Gasteiger charge is -2.08. The Morgan fingerprint density at radius 3 is 2.89 bits per heavy atom. The Morgan fingerprint density at radius 1 is 1.21 bits per heavy atom. The van der Waals surface area contributed by atoms with Crippen LogP contribution < -0.4 is 10.6 Å². The third-order valence-electron chi connectivity index (χ3n) is 2.79. The van der Waals surface area contributed by atoms with Crippen LogP contribution in [0.4, 0.5) is 17.5 Å². The SMILES string of the molecule is CNc1nc(Nc2cccc(C)c2)c2[nH]cnc2n1. The lowest BCUT2D eigenvalue weighted by Crippen LogP contribution is -2.01. The molecule has 0 bridgehead atoms. The first-order chi connectivity index (χ1) is 9.26. The molecule has 0 atom stereocenters. The highest BCUT2D eigenvalue weighted by molar-refractivity contribution is 5.86. The van der Waals surface area contributed by atoms with Crippen molar-refractivity contribution in [1.82, 2.24) is 19.9 Å². The van der Waals surface area contributed by atoms with Crippen LogP contribution in [0.25, 0.3) is 11.2 Å². The zero-order chi connectivity index (χ0) is 13.2. The van der Waals surface area contributed by atoms with Gasteiger partial charge < -0.3 is 15.6 Å². The maximum absolute atomic E-state index is 4.41. The van der Waals surface area contributed by atoms with Crippen molar-refractivity contribution in [2.24, 2.45) is 0 Å². The molecular weight excluding hydrogens is 240 g/mol. The van der Waals surface area contributed by atoms with E-state index >= 15 is 0 Å². The summed E-state index contributed by atoms with van der Waals surface area (Å²) < 4.78 is 0. The largest absolute Gasteiger partial charge is 0.357 e. The highest BCUT2D eigenvalue weighted by Crippen LogP contribution is 2.22. The molecule has 2 aromatic heterocycles. The normalized spacial score (nSPS) is 10.6. The number of aromatic nitrogens is 4.